The molecule has 0 aliphatic heterocycles. The summed E-state index contributed by atoms with van der Waals surface area (Å²) in [6.07, 6.45) is 5.68. The Kier molecular flexibility index (Phi) is 5.71. The first-order valence-electron chi connectivity index (χ1n) is 5.09. The van der Waals surface area contributed by atoms with Crippen molar-refractivity contribution in [1.29, 1.82) is 0 Å². The second kappa shape index (κ2) is 6.90. The van der Waals surface area contributed by atoms with Crippen LogP contribution in [-0.4, -0.2) is 33.6 Å². The van der Waals surface area contributed by atoms with E-state index in [-0.39, 0.29) is 0 Å². The fourth-order valence-electron chi connectivity index (χ4n) is 1.30. The van der Waals surface area contributed by atoms with Crippen molar-refractivity contribution >= 4 is 11.8 Å². The standard InChI is InChI=1S/C10H19N3S/c1-3-14-7-5-12-10(2)8-13-6-4-11-9-13/h4,6,9-10,12H,3,5,7-8H2,1-2H3. The molecule has 1 aromatic rings. The first kappa shape index (κ1) is 11.6. The molecule has 0 saturated heterocycles. The van der Waals surface area contributed by atoms with Gasteiger partial charge in [-0.3, -0.25) is 0 Å². The summed E-state index contributed by atoms with van der Waals surface area (Å²) in [6, 6.07) is 0.515. The van der Waals surface area contributed by atoms with E-state index >= 15 is 0 Å². The summed E-state index contributed by atoms with van der Waals surface area (Å²) in [5, 5.41) is 3.49. The lowest BCUT2D eigenvalue weighted by Gasteiger charge is -2.13. The highest BCUT2D eigenvalue weighted by Crippen LogP contribution is 1.96. The third-order valence-corrected chi connectivity index (χ3v) is 2.89. The van der Waals surface area contributed by atoms with Gasteiger partial charge in [-0.2, -0.15) is 11.8 Å². The summed E-state index contributed by atoms with van der Waals surface area (Å²) < 4.78 is 2.10. The van der Waals surface area contributed by atoms with Gasteiger partial charge in [0.1, 0.15) is 0 Å². The van der Waals surface area contributed by atoms with E-state index in [1.807, 2.05) is 30.5 Å². The highest BCUT2D eigenvalue weighted by Gasteiger charge is 2.00. The van der Waals surface area contributed by atoms with E-state index in [9.17, 15) is 0 Å². The van der Waals surface area contributed by atoms with Crippen molar-refractivity contribution in [2.45, 2.75) is 26.4 Å². The summed E-state index contributed by atoms with van der Waals surface area (Å²) in [5.74, 6) is 2.41. The Morgan fingerprint density at radius 2 is 2.43 bits per heavy atom. The van der Waals surface area contributed by atoms with Crippen molar-refractivity contribution in [1.82, 2.24) is 14.9 Å². The molecule has 1 unspecified atom stereocenters. The Labute approximate surface area is 90.3 Å². The van der Waals surface area contributed by atoms with Gasteiger partial charge in [0.05, 0.1) is 6.33 Å². The van der Waals surface area contributed by atoms with Crippen molar-refractivity contribution in [2.75, 3.05) is 18.1 Å². The van der Waals surface area contributed by atoms with Gasteiger partial charge in [-0.25, -0.2) is 4.98 Å². The Balaban J connectivity index is 2.07. The van der Waals surface area contributed by atoms with Gasteiger partial charge < -0.3 is 9.88 Å². The molecule has 14 heavy (non-hydrogen) atoms. The van der Waals surface area contributed by atoms with Gasteiger partial charge >= 0.3 is 0 Å². The summed E-state index contributed by atoms with van der Waals surface area (Å²) >= 11 is 1.98. The molecular formula is C10H19N3S. The third kappa shape index (κ3) is 4.67. The zero-order valence-corrected chi connectivity index (χ0v) is 9.76. The van der Waals surface area contributed by atoms with Crippen LogP contribution in [0, 0.1) is 0 Å². The first-order chi connectivity index (χ1) is 6.83. The monoisotopic (exact) mass is 213 g/mol. The van der Waals surface area contributed by atoms with E-state index < -0.39 is 0 Å². The Morgan fingerprint density at radius 3 is 3.07 bits per heavy atom. The maximum atomic E-state index is 4.02. The largest absolute Gasteiger partial charge is 0.336 e. The lowest BCUT2D eigenvalue weighted by Crippen LogP contribution is -2.31. The molecule has 80 valence electrons. The highest BCUT2D eigenvalue weighted by atomic mass is 32.2. The molecule has 0 fully saturated rings. The second-order valence-electron chi connectivity index (χ2n) is 3.31. The fraction of sp³-hybridized carbons (Fsp3) is 0.700. The smallest absolute Gasteiger partial charge is 0.0946 e. The SMILES string of the molecule is CCSCCNC(C)Cn1ccnc1. The van der Waals surface area contributed by atoms with Crippen LogP contribution < -0.4 is 5.32 Å². The lowest BCUT2D eigenvalue weighted by molar-refractivity contribution is 0.491. The average molecular weight is 213 g/mol. The molecule has 1 aromatic heterocycles. The van der Waals surface area contributed by atoms with Gasteiger partial charge in [-0.05, 0) is 12.7 Å². The van der Waals surface area contributed by atoms with E-state index in [1.54, 1.807) is 0 Å². The zero-order valence-electron chi connectivity index (χ0n) is 8.94. The molecule has 0 aliphatic carbocycles. The number of imidazole rings is 1. The molecule has 1 atom stereocenters. The Morgan fingerprint density at radius 1 is 1.57 bits per heavy atom. The minimum atomic E-state index is 0.515. The normalized spacial score (nSPS) is 13.0. The third-order valence-electron chi connectivity index (χ3n) is 1.99. The molecule has 0 aromatic carbocycles. The summed E-state index contributed by atoms with van der Waals surface area (Å²) in [7, 11) is 0. The number of nitrogens with zero attached hydrogens (tertiary/aromatic N) is 2. The van der Waals surface area contributed by atoms with Crippen molar-refractivity contribution in [3.63, 3.8) is 0 Å². The minimum absolute atomic E-state index is 0.515. The van der Waals surface area contributed by atoms with Gasteiger partial charge in [0.25, 0.3) is 0 Å². The van der Waals surface area contributed by atoms with Gasteiger partial charge in [0.15, 0.2) is 0 Å². The van der Waals surface area contributed by atoms with E-state index in [2.05, 4.69) is 28.7 Å². The molecular weight excluding hydrogens is 194 g/mol. The zero-order chi connectivity index (χ0) is 10.2. The van der Waals surface area contributed by atoms with Gasteiger partial charge in [0, 0.05) is 37.3 Å². The molecule has 0 saturated carbocycles. The molecule has 4 heteroatoms. The maximum Gasteiger partial charge on any atom is 0.0946 e. The molecule has 0 spiro atoms. The number of hydrogen-bond acceptors (Lipinski definition) is 3. The van der Waals surface area contributed by atoms with Crippen LogP contribution in [0.25, 0.3) is 0 Å². The number of thioether (sulfide) groups is 1. The van der Waals surface area contributed by atoms with E-state index in [1.165, 1.54) is 11.5 Å². The molecule has 3 nitrogen and oxygen atoms in total. The van der Waals surface area contributed by atoms with Crippen LogP contribution in [0.2, 0.25) is 0 Å². The topological polar surface area (TPSA) is 29.9 Å². The number of nitrogens with one attached hydrogen (secondary N) is 1. The van der Waals surface area contributed by atoms with Crippen LogP contribution in [0.15, 0.2) is 18.7 Å². The molecule has 0 aliphatic rings. The first-order valence-corrected chi connectivity index (χ1v) is 6.25. The van der Waals surface area contributed by atoms with Crippen molar-refractivity contribution in [2.24, 2.45) is 0 Å². The van der Waals surface area contributed by atoms with E-state index in [0.29, 0.717) is 6.04 Å². The maximum absolute atomic E-state index is 4.02. The van der Waals surface area contributed by atoms with Gasteiger partial charge in [-0.15, -0.1) is 0 Å². The quantitative estimate of drug-likeness (QED) is 0.698. The van der Waals surface area contributed by atoms with Gasteiger partial charge in [-0.1, -0.05) is 6.92 Å². The van der Waals surface area contributed by atoms with E-state index in [0.717, 1.165) is 13.1 Å². The van der Waals surface area contributed by atoms with Crippen LogP contribution in [0.4, 0.5) is 0 Å². The summed E-state index contributed by atoms with van der Waals surface area (Å²) in [6.45, 7) is 6.49. The summed E-state index contributed by atoms with van der Waals surface area (Å²) in [4.78, 5) is 4.02. The van der Waals surface area contributed by atoms with Crippen LogP contribution in [0.3, 0.4) is 0 Å². The van der Waals surface area contributed by atoms with Crippen LogP contribution in [0.5, 0.6) is 0 Å². The number of rotatable bonds is 7. The Bertz CT molecular complexity index is 223. The lowest BCUT2D eigenvalue weighted by atomic mass is 10.3. The molecule has 1 heterocycles. The molecule has 0 bridgehead atoms. The summed E-state index contributed by atoms with van der Waals surface area (Å²) in [5.41, 5.74) is 0. The molecule has 1 rings (SSSR count). The Hall–Kier alpha value is -0.480. The molecule has 0 radical (unpaired) electrons. The predicted molar refractivity (Wildman–Crippen MR) is 62.7 cm³/mol. The van der Waals surface area contributed by atoms with E-state index in [4.69, 9.17) is 0 Å². The predicted octanol–water partition coefficient (Wildman–Crippen LogP) is 1.61. The van der Waals surface area contributed by atoms with Crippen LogP contribution >= 0.6 is 11.8 Å². The molecule has 0 amide bonds. The van der Waals surface area contributed by atoms with Crippen LogP contribution in [0.1, 0.15) is 13.8 Å². The van der Waals surface area contributed by atoms with Crippen molar-refractivity contribution < 1.29 is 0 Å². The fourth-order valence-corrected chi connectivity index (χ4v) is 1.85. The van der Waals surface area contributed by atoms with Gasteiger partial charge in [0.2, 0.25) is 0 Å². The minimum Gasteiger partial charge on any atom is -0.336 e. The average Bonchev–Trinajstić information content (AvgIpc) is 2.65. The number of hydrogen-bond donors (Lipinski definition) is 1. The van der Waals surface area contributed by atoms with Crippen LogP contribution in [-0.2, 0) is 6.54 Å². The van der Waals surface area contributed by atoms with Crippen molar-refractivity contribution in [3.05, 3.63) is 18.7 Å². The second-order valence-corrected chi connectivity index (χ2v) is 4.71. The highest BCUT2D eigenvalue weighted by molar-refractivity contribution is 7.99. The molecule has 1 N–H and O–H groups in total. The van der Waals surface area contributed by atoms with Crippen molar-refractivity contribution in [3.8, 4) is 0 Å². The number of aromatic nitrogens is 2.